The second-order valence-electron chi connectivity index (χ2n) is 6.35. The summed E-state index contributed by atoms with van der Waals surface area (Å²) in [6, 6.07) is 11.6. The second-order valence-corrected chi connectivity index (χ2v) is 6.35. The van der Waals surface area contributed by atoms with E-state index in [1.807, 2.05) is 0 Å². The zero-order valence-electron chi connectivity index (χ0n) is 12.4. The number of hydrogen-bond donors (Lipinski definition) is 0. The van der Waals surface area contributed by atoms with Gasteiger partial charge in [-0.15, -0.1) is 0 Å². The van der Waals surface area contributed by atoms with Gasteiger partial charge in [-0.2, -0.15) is 0 Å². The average Bonchev–Trinajstić information content (AvgIpc) is 2.93. The lowest BCUT2D eigenvalue weighted by molar-refractivity contribution is -0.123. The molecule has 0 N–H and O–H groups in total. The van der Waals surface area contributed by atoms with Crippen molar-refractivity contribution in [1.82, 2.24) is 4.90 Å². The van der Waals surface area contributed by atoms with E-state index in [2.05, 4.69) is 42.2 Å². The highest BCUT2D eigenvalue weighted by Crippen LogP contribution is 2.36. The predicted molar refractivity (Wildman–Crippen MR) is 81.6 cm³/mol. The molecule has 1 heterocycles. The van der Waals surface area contributed by atoms with E-state index in [0.29, 0.717) is 23.8 Å². The van der Waals surface area contributed by atoms with Gasteiger partial charge in [0, 0.05) is 24.4 Å². The second kappa shape index (κ2) is 6.09. The molecule has 3 rings (SSSR count). The maximum atomic E-state index is 12.2. The number of carbonyl (C=O) groups is 1. The van der Waals surface area contributed by atoms with Crippen molar-refractivity contribution in [2.24, 2.45) is 5.92 Å². The standard InChI is InChI=1S/C18H25NO/c1-14(15-8-3-2-4-9-15)19-13-6-5-11-17(19)16-10-7-12-18(16)20/h2-4,8-9,14,16-17H,5-7,10-13H2,1H3. The van der Waals surface area contributed by atoms with Crippen LogP contribution in [-0.4, -0.2) is 23.3 Å². The molecule has 0 amide bonds. The van der Waals surface area contributed by atoms with Crippen LogP contribution in [-0.2, 0) is 4.79 Å². The maximum Gasteiger partial charge on any atom is 0.137 e. The molecule has 2 fully saturated rings. The molecule has 1 aromatic rings. The minimum absolute atomic E-state index is 0.307. The van der Waals surface area contributed by atoms with Crippen molar-refractivity contribution in [1.29, 1.82) is 0 Å². The highest BCUT2D eigenvalue weighted by atomic mass is 16.1. The van der Waals surface area contributed by atoms with Gasteiger partial charge in [0.15, 0.2) is 0 Å². The van der Waals surface area contributed by atoms with Gasteiger partial charge in [-0.1, -0.05) is 36.8 Å². The number of hydrogen-bond acceptors (Lipinski definition) is 2. The molecule has 0 aromatic heterocycles. The number of ketones is 1. The fraction of sp³-hybridized carbons (Fsp3) is 0.611. The van der Waals surface area contributed by atoms with Crippen LogP contribution in [0.4, 0.5) is 0 Å². The number of likely N-dealkylation sites (tertiary alicyclic amines) is 1. The van der Waals surface area contributed by atoms with Crippen molar-refractivity contribution in [2.75, 3.05) is 6.54 Å². The topological polar surface area (TPSA) is 20.3 Å². The van der Waals surface area contributed by atoms with Crippen molar-refractivity contribution in [2.45, 2.75) is 57.5 Å². The molecule has 2 heteroatoms. The smallest absolute Gasteiger partial charge is 0.137 e. The number of carbonyl (C=O) groups excluding carboxylic acids is 1. The zero-order chi connectivity index (χ0) is 13.9. The molecule has 2 aliphatic rings. The molecule has 1 aliphatic carbocycles. The molecule has 1 saturated carbocycles. The first-order valence-electron chi connectivity index (χ1n) is 8.11. The van der Waals surface area contributed by atoms with E-state index in [-0.39, 0.29) is 0 Å². The number of Topliss-reactive ketones (excluding diaryl/α,β-unsaturated/α-hetero) is 1. The Bertz CT molecular complexity index is 456. The van der Waals surface area contributed by atoms with E-state index < -0.39 is 0 Å². The fourth-order valence-electron chi connectivity index (χ4n) is 4.07. The minimum atomic E-state index is 0.307. The van der Waals surface area contributed by atoms with Crippen LogP contribution in [0.25, 0.3) is 0 Å². The number of benzene rings is 1. The normalized spacial score (nSPS) is 29.6. The summed E-state index contributed by atoms with van der Waals surface area (Å²) in [5, 5.41) is 0. The summed E-state index contributed by atoms with van der Waals surface area (Å²) in [4.78, 5) is 14.8. The Hall–Kier alpha value is -1.15. The van der Waals surface area contributed by atoms with Crippen molar-refractivity contribution >= 4 is 5.78 Å². The quantitative estimate of drug-likeness (QED) is 0.829. The van der Waals surface area contributed by atoms with E-state index >= 15 is 0 Å². The lowest BCUT2D eigenvalue weighted by Gasteiger charge is -2.42. The monoisotopic (exact) mass is 271 g/mol. The molecular weight excluding hydrogens is 246 g/mol. The Labute approximate surface area is 122 Å². The third-order valence-corrected chi connectivity index (χ3v) is 5.19. The van der Waals surface area contributed by atoms with Crippen LogP contribution in [0.3, 0.4) is 0 Å². The molecule has 0 bridgehead atoms. The van der Waals surface area contributed by atoms with Gasteiger partial charge in [0.2, 0.25) is 0 Å². The van der Waals surface area contributed by atoms with Gasteiger partial charge in [0.05, 0.1) is 0 Å². The molecule has 3 atom stereocenters. The van der Waals surface area contributed by atoms with Crippen LogP contribution < -0.4 is 0 Å². The van der Waals surface area contributed by atoms with Crippen LogP contribution in [0, 0.1) is 5.92 Å². The van der Waals surface area contributed by atoms with Gasteiger partial charge in [0.1, 0.15) is 5.78 Å². The largest absolute Gasteiger partial charge is 0.299 e. The Morgan fingerprint density at radius 1 is 1.10 bits per heavy atom. The first-order valence-corrected chi connectivity index (χ1v) is 8.11. The molecule has 0 spiro atoms. The summed E-state index contributed by atoms with van der Waals surface area (Å²) < 4.78 is 0. The van der Waals surface area contributed by atoms with E-state index in [4.69, 9.17) is 0 Å². The average molecular weight is 271 g/mol. The minimum Gasteiger partial charge on any atom is -0.299 e. The van der Waals surface area contributed by atoms with Crippen LogP contribution in [0.15, 0.2) is 30.3 Å². The molecule has 1 aromatic carbocycles. The molecule has 1 saturated heterocycles. The SMILES string of the molecule is CC(c1ccccc1)N1CCCCC1C1CCCC1=O. The Kier molecular flexibility index (Phi) is 4.21. The van der Waals surface area contributed by atoms with Crippen molar-refractivity contribution in [3.05, 3.63) is 35.9 Å². The maximum absolute atomic E-state index is 12.2. The Morgan fingerprint density at radius 2 is 1.90 bits per heavy atom. The molecule has 20 heavy (non-hydrogen) atoms. The summed E-state index contributed by atoms with van der Waals surface area (Å²) in [5.74, 6) is 0.823. The van der Waals surface area contributed by atoms with Crippen LogP contribution in [0.1, 0.15) is 57.1 Å². The Balaban J connectivity index is 1.80. The van der Waals surface area contributed by atoms with E-state index in [1.165, 1.54) is 24.8 Å². The van der Waals surface area contributed by atoms with Crippen molar-refractivity contribution in [3.63, 3.8) is 0 Å². The first-order chi connectivity index (χ1) is 9.77. The number of piperidine rings is 1. The van der Waals surface area contributed by atoms with Gasteiger partial charge < -0.3 is 0 Å². The van der Waals surface area contributed by atoms with Gasteiger partial charge in [-0.05, 0) is 44.7 Å². The summed E-state index contributed by atoms with van der Waals surface area (Å²) in [6.45, 7) is 3.44. The summed E-state index contributed by atoms with van der Waals surface area (Å²) >= 11 is 0. The predicted octanol–water partition coefficient (Wildman–Crippen LogP) is 3.97. The molecule has 108 valence electrons. The summed E-state index contributed by atoms with van der Waals surface area (Å²) in [6.07, 6.45) is 6.79. The van der Waals surface area contributed by atoms with Crippen LogP contribution in [0.5, 0.6) is 0 Å². The van der Waals surface area contributed by atoms with E-state index in [9.17, 15) is 4.79 Å². The lowest BCUT2D eigenvalue weighted by atomic mass is 9.86. The van der Waals surface area contributed by atoms with Gasteiger partial charge >= 0.3 is 0 Å². The fourth-order valence-corrected chi connectivity index (χ4v) is 4.07. The van der Waals surface area contributed by atoms with Crippen molar-refractivity contribution < 1.29 is 4.79 Å². The van der Waals surface area contributed by atoms with Gasteiger partial charge in [-0.3, -0.25) is 9.69 Å². The lowest BCUT2D eigenvalue weighted by Crippen LogP contribution is -2.46. The molecule has 0 radical (unpaired) electrons. The Morgan fingerprint density at radius 3 is 2.60 bits per heavy atom. The molecule has 3 unspecified atom stereocenters. The third kappa shape index (κ3) is 2.67. The number of rotatable bonds is 3. The van der Waals surface area contributed by atoms with Gasteiger partial charge in [0.25, 0.3) is 0 Å². The highest BCUT2D eigenvalue weighted by Gasteiger charge is 2.38. The van der Waals surface area contributed by atoms with Gasteiger partial charge in [-0.25, -0.2) is 0 Å². The van der Waals surface area contributed by atoms with Crippen LogP contribution >= 0.6 is 0 Å². The summed E-state index contributed by atoms with van der Waals surface area (Å²) in [5.41, 5.74) is 1.38. The first kappa shape index (κ1) is 13.8. The van der Waals surface area contributed by atoms with Crippen LogP contribution in [0.2, 0.25) is 0 Å². The molecule has 1 aliphatic heterocycles. The molecule has 2 nitrogen and oxygen atoms in total. The zero-order valence-corrected chi connectivity index (χ0v) is 12.4. The number of nitrogens with zero attached hydrogens (tertiary/aromatic N) is 1. The molecular formula is C18H25NO. The van der Waals surface area contributed by atoms with E-state index in [1.54, 1.807) is 0 Å². The third-order valence-electron chi connectivity index (χ3n) is 5.19. The van der Waals surface area contributed by atoms with E-state index in [0.717, 1.165) is 25.8 Å². The summed E-state index contributed by atoms with van der Waals surface area (Å²) in [7, 11) is 0. The highest BCUT2D eigenvalue weighted by molar-refractivity contribution is 5.83. The van der Waals surface area contributed by atoms with Crippen molar-refractivity contribution in [3.8, 4) is 0 Å².